The number of sulfonamides is 1. The Morgan fingerprint density at radius 3 is 2.35 bits per heavy atom. The monoisotopic (exact) mass is 254 g/mol. The second-order valence-corrected chi connectivity index (χ2v) is 5.68. The molecule has 0 saturated carbocycles. The molecule has 0 spiro atoms. The summed E-state index contributed by atoms with van der Waals surface area (Å²) in [5, 5.41) is 3.08. The van der Waals surface area contributed by atoms with Gasteiger partial charge in [-0.05, 0) is 38.1 Å². The van der Waals surface area contributed by atoms with E-state index in [1.807, 2.05) is 0 Å². The summed E-state index contributed by atoms with van der Waals surface area (Å²) in [6, 6.07) is 6.52. The summed E-state index contributed by atoms with van der Waals surface area (Å²) >= 11 is 0. The minimum Gasteiger partial charge on any atom is -0.382 e. The van der Waals surface area contributed by atoms with Gasteiger partial charge in [-0.1, -0.05) is 6.08 Å². The van der Waals surface area contributed by atoms with E-state index in [1.54, 1.807) is 44.2 Å². The first-order valence-corrected chi connectivity index (χ1v) is 6.91. The molecule has 0 heterocycles. The summed E-state index contributed by atoms with van der Waals surface area (Å²) in [6.45, 7) is 7.82. The molecule has 0 fully saturated rings. The van der Waals surface area contributed by atoms with Crippen LogP contribution in [0, 0.1) is 0 Å². The van der Waals surface area contributed by atoms with Crippen LogP contribution in [-0.2, 0) is 10.0 Å². The number of hydrogen-bond acceptors (Lipinski definition) is 3. The van der Waals surface area contributed by atoms with Crippen LogP contribution in [-0.4, -0.2) is 21.0 Å². The van der Waals surface area contributed by atoms with Crippen LogP contribution in [0.4, 0.5) is 5.69 Å². The molecule has 0 amide bonds. The maximum atomic E-state index is 11.8. The Hall–Kier alpha value is -1.33. The molecule has 0 aliphatic rings. The van der Waals surface area contributed by atoms with Crippen LogP contribution in [0.15, 0.2) is 41.8 Å². The van der Waals surface area contributed by atoms with Crippen molar-refractivity contribution < 1.29 is 8.42 Å². The van der Waals surface area contributed by atoms with E-state index in [4.69, 9.17) is 0 Å². The quantitative estimate of drug-likeness (QED) is 0.763. The van der Waals surface area contributed by atoms with Crippen molar-refractivity contribution in [2.75, 3.05) is 11.9 Å². The van der Waals surface area contributed by atoms with Gasteiger partial charge in [0.05, 0.1) is 4.90 Å². The van der Waals surface area contributed by atoms with Gasteiger partial charge in [-0.25, -0.2) is 13.1 Å². The molecule has 0 aliphatic heterocycles. The van der Waals surface area contributed by atoms with E-state index in [2.05, 4.69) is 16.6 Å². The van der Waals surface area contributed by atoms with Crippen LogP contribution in [0.3, 0.4) is 0 Å². The number of rotatable bonds is 6. The van der Waals surface area contributed by atoms with E-state index in [0.29, 0.717) is 6.54 Å². The van der Waals surface area contributed by atoms with Crippen LogP contribution >= 0.6 is 0 Å². The maximum Gasteiger partial charge on any atom is 0.240 e. The molecule has 94 valence electrons. The molecular weight excluding hydrogens is 236 g/mol. The van der Waals surface area contributed by atoms with Crippen molar-refractivity contribution in [3.63, 3.8) is 0 Å². The zero-order chi connectivity index (χ0) is 12.9. The highest BCUT2D eigenvalue weighted by atomic mass is 32.2. The first-order valence-electron chi connectivity index (χ1n) is 5.43. The van der Waals surface area contributed by atoms with Gasteiger partial charge in [0.15, 0.2) is 0 Å². The van der Waals surface area contributed by atoms with E-state index in [0.717, 1.165) is 5.69 Å². The number of anilines is 1. The Morgan fingerprint density at radius 1 is 1.29 bits per heavy atom. The van der Waals surface area contributed by atoms with Crippen molar-refractivity contribution in [1.82, 2.24) is 4.72 Å². The molecule has 0 saturated heterocycles. The SMILES string of the molecule is C=CCNc1ccc(S(=O)(=O)NC(C)C)cc1. The zero-order valence-electron chi connectivity index (χ0n) is 10.1. The molecule has 17 heavy (non-hydrogen) atoms. The topological polar surface area (TPSA) is 58.2 Å². The van der Waals surface area contributed by atoms with Crippen LogP contribution in [0.1, 0.15) is 13.8 Å². The van der Waals surface area contributed by atoms with Gasteiger partial charge in [-0.3, -0.25) is 0 Å². The molecule has 5 heteroatoms. The van der Waals surface area contributed by atoms with E-state index in [9.17, 15) is 8.42 Å². The smallest absolute Gasteiger partial charge is 0.240 e. The molecule has 0 bridgehead atoms. The van der Waals surface area contributed by atoms with Crippen molar-refractivity contribution in [1.29, 1.82) is 0 Å². The summed E-state index contributed by atoms with van der Waals surface area (Å²) in [5.41, 5.74) is 0.869. The second-order valence-electron chi connectivity index (χ2n) is 3.97. The summed E-state index contributed by atoms with van der Waals surface area (Å²) in [5.74, 6) is 0. The Kier molecular flexibility index (Phi) is 4.72. The van der Waals surface area contributed by atoms with Crippen molar-refractivity contribution >= 4 is 15.7 Å². The average molecular weight is 254 g/mol. The third-order valence-corrected chi connectivity index (χ3v) is 3.68. The molecule has 0 atom stereocenters. The highest BCUT2D eigenvalue weighted by Gasteiger charge is 2.14. The van der Waals surface area contributed by atoms with Gasteiger partial charge >= 0.3 is 0 Å². The minimum atomic E-state index is -3.39. The van der Waals surface area contributed by atoms with E-state index in [-0.39, 0.29) is 10.9 Å². The van der Waals surface area contributed by atoms with Crippen LogP contribution in [0.2, 0.25) is 0 Å². The predicted molar refractivity (Wildman–Crippen MR) is 70.6 cm³/mol. The molecule has 0 unspecified atom stereocenters. The Morgan fingerprint density at radius 2 is 1.88 bits per heavy atom. The molecule has 1 aromatic rings. The Balaban J connectivity index is 2.83. The van der Waals surface area contributed by atoms with Gasteiger partial charge in [0, 0.05) is 18.3 Å². The van der Waals surface area contributed by atoms with E-state index in [1.165, 1.54) is 0 Å². The van der Waals surface area contributed by atoms with Gasteiger partial charge in [0.2, 0.25) is 10.0 Å². The molecular formula is C12H18N2O2S. The molecule has 1 rings (SSSR count). The average Bonchev–Trinajstić information content (AvgIpc) is 2.25. The largest absolute Gasteiger partial charge is 0.382 e. The molecule has 2 N–H and O–H groups in total. The standard InChI is InChI=1S/C12H18N2O2S/c1-4-9-13-11-5-7-12(8-6-11)17(15,16)14-10(2)3/h4-8,10,13-14H,1,9H2,2-3H3. The van der Waals surface area contributed by atoms with Gasteiger partial charge < -0.3 is 5.32 Å². The second kappa shape index (κ2) is 5.84. The number of benzene rings is 1. The van der Waals surface area contributed by atoms with Crippen molar-refractivity contribution in [2.24, 2.45) is 0 Å². The molecule has 0 radical (unpaired) electrons. The first-order chi connectivity index (χ1) is 7.95. The number of nitrogens with one attached hydrogen (secondary N) is 2. The van der Waals surface area contributed by atoms with Crippen molar-refractivity contribution in [3.05, 3.63) is 36.9 Å². The van der Waals surface area contributed by atoms with Crippen LogP contribution in [0.5, 0.6) is 0 Å². The predicted octanol–water partition coefficient (Wildman–Crippen LogP) is 1.97. The summed E-state index contributed by atoms with van der Waals surface area (Å²) in [6.07, 6.45) is 1.74. The van der Waals surface area contributed by atoms with E-state index < -0.39 is 10.0 Å². The lowest BCUT2D eigenvalue weighted by Crippen LogP contribution is -2.30. The van der Waals surface area contributed by atoms with E-state index >= 15 is 0 Å². The third kappa shape index (κ3) is 4.20. The lowest BCUT2D eigenvalue weighted by molar-refractivity contribution is 0.570. The number of hydrogen-bond donors (Lipinski definition) is 2. The fraction of sp³-hybridized carbons (Fsp3) is 0.333. The zero-order valence-corrected chi connectivity index (χ0v) is 10.9. The van der Waals surface area contributed by atoms with Gasteiger partial charge in [0.25, 0.3) is 0 Å². The normalized spacial score (nSPS) is 11.5. The van der Waals surface area contributed by atoms with Gasteiger partial charge in [-0.2, -0.15) is 0 Å². The summed E-state index contributed by atoms with van der Waals surface area (Å²) < 4.78 is 26.2. The highest BCUT2D eigenvalue weighted by molar-refractivity contribution is 7.89. The molecule has 1 aromatic carbocycles. The first kappa shape index (κ1) is 13.7. The Bertz CT molecular complexity index is 464. The molecule has 0 aromatic heterocycles. The molecule has 0 aliphatic carbocycles. The Labute approximate surface area is 103 Å². The highest BCUT2D eigenvalue weighted by Crippen LogP contribution is 2.14. The van der Waals surface area contributed by atoms with Gasteiger partial charge in [0.1, 0.15) is 0 Å². The fourth-order valence-electron chi connectivity index (χ4n) is 1.32. The van der Waals surface area contributed by atoms with Crippen molar-refractivity contribution in [2.45, 2.75) is 24.8 Å². The van der Waals surface area contributed by atoms with Crippen LogP contribution < -0.4 is 10.0 Å². The van der Waals surface area contributed by atoms with Gasteiger partial charge in [-0.15, -0.1) is 6.58 Å². The van der Waals surface area contributed by atoms with Crippen LogP contribution in [0.25, 0.3) is 0 Å². The maximum absolute atomic E-state index is 11.8. The minimum absolute atomic E-state index is 0.112. The fourth-order valence-corrected chi connectivity index (χ4v) is 2.57. The lowest BCUT2D eigenvalue weighted by atomic mass is 10.3. The summed E-state index contributed by atoms with van der Waals surface area (Å²) in [4.78, 5) is 0.273. The van der Waals surface area contributed by atoms with Crippen molar-refractivity contribution in [3.8, 4) is 0 Å². The summed E-state index contributed by atoms with van der Waals surface area (Å²) in [7, 11) is -3.39. The lowest BCUT2D eigenvalue weighted by Gasteiger charge is -2.10. The third-order valence-electron chi connectivity index (χ3n) is 2.01. The molecule has 4 nitrogen and oxygen atoms in total.